The van der Waals surface area contributed by atoms with Gasteiger partial charge in [0.25, 0.3) is 0 Å². The van der Waals surface area contributed by atoms with Crippen LogP contribution in [0.3, 0.4) is 0 Å². The van der Waals surface area contributed by atoms with E-state index in [2.05, 4.69) is 14.7 Å². The van der Waals surface area contributed by atoms with E-state index in [1.165, 1.54) is 6.20 Å². The zero-order chi connectivity index (χ0) is 18.5. The van der Waals surface area contributed by atoms with E-state index in [9.17, 15) is 8.94 Å². The Balaban J connectivity index is 0.00000210. The molecule has 2 aromatic heterocycles. The number of aryl methyl sites for hydroxylation is 1. The van der Waals surface area contributed by atoms with Gasteiger partial charge in [-0.05, 0) is 52.5 Å². The molecule has 0 aliphatic heterocycles. The van der Waals surface area contributed by atoms with Gasteiger partial charge in [-0.15, -0.1) is 17.1 Å². The monoisotopic (exact) mass is 413 g/mol. The zero-order valence-electron chi connectivity index (χ0n) is 15.8. The van der Waals surface area contributed by atoms with E-state index in [4.69, 9.17) is 4.42 Å². The van der Waals surface area contributed by atoms with Gasteiger partial charge in [0.2, 0.25) is 5.89 Å². The topological polar surface area (TPSA) is 74.0 Å². The number of pyridine rings is 1. The fourth-order valence-corrected chi connectivity index (χ4v) is 4.02. The molecule has 1 saturated carbocycles. The fraction of sp³-hybridized carbons (Fsp3) is 0.579. The molecular weight excluding hydrogens is 389 g/mol. The van der Waals surface area contributed by atoms with Crippen LogP contribution in [0.4, 0.5) is 4.39 Å². The molecule has 1 fully saturated rings. The summed E-state index contributed by atoms with van der Waals surface area (Å²) < 4.78 is 35.5. The highest BCUT2D eigenvalue weighted by Crippen LogP contribution is 2.41. The Bertz CT molecular complexity index is 820. The summed E-state index contributed by atoms with van der Waals surface area (Å²) in [7, 11) is 0. The lowest BCUT2D eigenvalue weighted by Crippen LogP contribution is -2.42. The maximum Gasteiger partial charge on any atom is 0.229 e. The molecule has 5 nitrogen and oxygen atoms in total. The van der Waals surface area contributed by atoms with E-state index in [1.807, 2.05) is 20.8 Å². The molecule has 2 atom stereocenters. The van der Waals surface area contributed by atoms with Crippen molar-refractivity contribution in [1.82, 2.24) is 14.7 Å². The van der Waals surface area contributed by atoms with Gasteiger partial charge in [0.15, 0.2) is 5.82 Å². The van der Waals surface area contributed by atoms with Crippen molar-refractivity contribution in [3.05, 3.63) is 35.2 Å². The molecule has 148 valence electrons. The van der Waals surface area contributed by atoms with Crippen molar-refractivity contribution in [2.75, 3.05) is 0 Å². The zero-order valence-corrected chi connectivity index (χ0v) is 17.4. The summed E-state index contributed by atoms with van der Waals surface area (Å²) in [6, 6.07) is 1.63. The van der Waals surface area contributed by atoms with Crippen LogP contribution in [0, 0.1) is 5.82 Å². The largest absolute Gasteiger partial charge is 0.598 e. The van der Waals surface area contributed by atoms with Crippen LogP contribution < -0.4 is 4.72 Å². The number of fused-ring (bicyclic) bond motifs is 1. The van der Waals surface area contributed by atoms with E-state index < -0.39 is 17.2 Å². The van der Waals surface area contributed by atoms with Crippen molar-refractivity contribution in [2.24, 2.45) is 0 Å². The molecule has 0 radical (unpaired) electrons. The normalized spacial score (nSPS) is 20.7. The second-order valence-corrected chi connectivity index (χ2v) is 10.1. The summed E-state index contributed by atoms with van der Waals surface area (Å²) in [6.07, 6.45) is 6.00. The van der Waals surface area contributed by atoms with Crippen LogP contribution in [-0.4, -0.2) is 19.3 Å². The average Bonchev–Trinajstić information content (AvgIpc) is 3.33. The van der Waals surface area contributed by atoms with Crippen LogP contribution in [0.1, 0.15) is 75.6 Å². The van der Waals surface area contributed by atoms with Crippen molar-refractivity contribution in [2.45, 2.75) is 69.6 Å². The number of rotatable bonds is 4. The minimum Gasteiger partial charge on any atom is -0.598 e. The molecule has 0 spiro atoms. The maximum atomic E-state index is 14.3. The molecular formula is C19H25ClFN3O2S. The summed E-state index contributed by atoms with van der Waals surface area (Å²) in [4.78, 5) is 8.78. The molecule has 2 aliphatic rings. The van der Waals surface area contributed by atoms with Crippen LogP contribution in [-0.2, 0) is 17.8 Å². The first-order valence-corrected chi connectivity index (χ1v) is 10.3. The Morgan fingerprint density at radius 2 is 2.04 bits per heavy atom. The first kappa shape index (κ1) is 20.6. The summed E-state index contributed by atoms with van der Waals surface area (Å²) in [5.41, 5.74) is 2.03. The summed E-state index contributed by atoms with van der Waals surface area (Å²) in [6.45, 7) is 5.79. The second kappa shape index (κ2) is 7.70. The molecule has 0 bridgehead atoms. The predicted octanol–water partition coefficient (Wildman–Crippen LogP) is 4.60. The Labute approximate surface area is 168 Å². The third kappa shape index (κ3) is 4.31. The third-order valence-electron chi connectivity index (χ3n) is 4.86. The van der Waals surface area contributed by atoms with Gasteiger partial charge < -0.3 is 8.97 Å². The average molecular weight is 414 g/mol. The molecule has 0 saturated heterocycles. The first-order chi connectivity index (χ1) is 12.3. The Hall–Kier alpha value is -1.15. The number of nitrogens with zero attached hydrogens (tertiary/aromatic N) is 2. The summed E-state index contributed by atoms with van der Waals surface area (Å²) in [5, 5.41) is 0. The molecule has 0 aromatic carbocycles. The summed E-state index contributed by atoms with van der Waals surface area (Å²) in [5.74, 6) is 1.07. The minimum atomic E-state index is -1.20. The van der Waals surface area contributed by atoms with Crippen LogP contribution in [0.25, 0.3) is 11.5 Å². The lowest BCUT2D eigenvalue weighted by molar-refractivity contribution is 0.437. The molecule has 27 heavy (non-hydrogen) atoms. The van der Waals surface area contributed by atoms with Crippen molar-refractivity contribution in [1.29, 1.82) is 0 Å². The Kier molecular flexibility index (Phi) is 5.87. The lowest BCUT2D eigenvalue weighted by atomic mass is 9.98. The highest BCUT2D eigenvalue weighted by atomic mass is 35.5. The summed E-state index contributed by atoms with van der Waals surface area (Å²) >= 11 is -1.20. The highest BCUT2D eigenvalue weighted by molar-refractivity contribution is 7.90. The first-order valence-electron chi connectivity index (χ1n) is 9.16. The number of hydrogen-bond acceptors (Lipinski definition) is 5. The molecule has 2 heterocycles. The SMILES string of the molecule is CC(C)(C)[S+]([O-])N[C@H]1CCCc2oc(-c3cc(C4CC4)ncc3F)nc21.Cl. The molecule has 4 rings (SSSR count). The quantitative estimate of drug-likeness (QED) is 0.741. The van der Waals surface area contributed by atoms with Gasteiger partial charge in [-0.1, -0.05) is 0 Å². The molecule has 2 aliphatic carbocycles. The Morgan fingerprint density at radius 1 is 1.30 bits per heavy atom. The number of nitrogens with one attached hydrogen (secondary N) is 1. The van der Waals surface area contributed by atoms with Gasteiger partial charge in [0.1, 0.15) is 16.2 Å². The third-order valence-corrected chi connectivity index (χ3v) is 6.47. The number of aromatic nitrogens is 2. The lowest BCUT2D eigenvalue weighted by Gasteiger charge is -2.28. The second-order valence-electron chi connectivity index (χ2n) is 8.13. The van der Waals surface area contributed by atoms with Crippen molar-refractivity contribution in [3.8, 4) is 11.5 Å². The molecule has 8 heteroatoms. The van der Waals surface area contributed by atoms with Gasteiger partial charge in [0.05, 0.1) is 17.8 Å². The van der Waals surface area contributed by atoms with Gasteiger partial charge in [-0.2, -0.15) is 0 Å². The molecule has 1 unspecified atom stereocenters. The van der Waals surface area contributed by atoms with E-state index in [-0.39, 0.29) is 23.2 Å². The van der Waals surface area contributed by atoms with Gasteiger partial charge in [-0.3, -0.25) is 4.98 Å². The smallest absolute Gasteiger partial charge is 0.229 e. The van der Waals surface area contributed by atoms with Crippen LogP contribution >= 0.6 is 12.4 Å². The van der Waals surface area contributed by atoms with E-state index in [1.54, 1.807) is 6.07 Å². The number of hydrogen-bond donors (Lipinski definition) is 1. The number of halogens is 2. The van der Waals surface area contributed by atoms with E-state index in [0.717, 1.165) is 49.3 Å². The maximum absolute atomic E-state index is 14.3. The van der Waals surface area contributed by atoms with Crippen LogP contribution in [0.2, 0.25) is 0 Å². The van der Waals surface area contributed by atoms with E-state index >= 15 is 0 Å². The fourth-order valence-electron chi connectivity index (χ4n) is 3.18. The van der Waals surface area contributed by atoms with Crippen LogP contribution in [0.15, 0.2) is 16.7 Å². The molecule has 1 N–H and O–H groups in total. The minimum absolute atomic E-state index is 0. The van der Waals surface area contributed by atoms with Crippen molar-refractivity contribution in [3.63, 3.8) is 0 Å². The van der Waals surface area contributed by atoms with Crippen LogP contribution in [0.5, 0.6) is 0 Å². The van der Waals surface area contributed by atoms with Crippen molar-refractivity contribution < 1.29 is 13.4 Å². The van der Waals surface area contributed by atoms with Crippen molar-refractivity contribution >= 4 is 23.8 Å². The van der Waals surface area contributed by atoms with Gasteiger partial charge >= 0.3 is 0 Å². The number of oxazole rings is 1. The molecule has 0 amide bonds. The van der Waals surface area contributed by atoms with Gasteiger partial charge in [-0.25, -0.2) is 9.37 Å². The molecule has 2 aromatic rings. The predicted molar refractivity (Wildman–Crippen MR) is 106 cm³/mol. The van der Waals surface area contributed by atoms with E-state index in [0.29, 0.717) is 17.4 Å². The van der Waals surface area contributed by atoms with Gasteiger partial charge in [0, 0.05) is 29.4 Å². The highest BCUT2D eigenvalue weighted by Gasteiger charge is 2.35. The standard InChI is InChI=1S/C19H24FN3O2S.ClH/c1-19(2,3)26(24)23-14-5-4-6-16-17(14)22-18(25-16)12-9-15(11-7-8-11)21-10-13(12)20;/h9-11,14,23H,4-8H2,1-3H3;1H/t14-,26?;/m0./s1. The Morgan fingerprint density at radius 3 is 2.70 bits per heavy atom.